The quantitative estimate of drug-likeness (QED) is 0.337. The van der Waals surface area contributed by atoms with Crippen molar-refractivity contribution < 1.29 is 38.1 Å². The van der Waals surface area contributed by atoms with Crippen molar-refractivity contribution in [2.24, 2.45) is 17.1 Å². The first-order valence-electron chi connectivity index (χ1n) is 12.3. The van der Waals surface area contributed by atoms with Gasteiger partial charge in [-0.15, -0.1) is 0 Å². The van der Waals surface area contributed by atoms with Crippen molar-refractivity contribution >= 4 is 11.8 Å². The zero-order valence-electron chi connectivity index (χ0n) is 22.0. The summed E-state index contributed by atoms with van der Waals surface area (Å²) in [6.45, 7) is 0.106. The number of carbonyl (C=O) groups excluding carboxylic acids is 2. The molecular weight excluding hydrogens is 507 g/mol. The highest BCUT2D eigenvalue weighted by atomic mass is 19.1. The molecule has 0 heterocycles. The number of hydrogen-bond acceptors (Lipinski definition) is 7. The lowest BCUT2D eigenvalue weighted by Gasteiger charge is -2.25. The molecule has 3 aromatic rings. The van der Waals surface area contributed by atoms with Crippen LogP contribution in [0.2, 0.25) is 0 Å². The van der Waals surface area contributed by atoms with Crippen LogP contribution in [0.4, 0.5) is 4.39 Å². The van der Waals surface area contributed by atoms with Crippen LogP contribution in [0.15, 0.2) is 60.7 Å². The van der Waals surface area contributed by atoms with E-state index in [1.165, 1.54) is 24.3 Å². The molecule has 2 amide bonds. The van der Waals surface area contributed by atoms with Crippen LogP contribution in [-0.2, 0) is 34.0 Å². The molecule has 1 aliphatic carbocycles. The normalized spacial score (nSPS) is 17.8. The van der Waals surface area contributed by atoms with Crippen LogP contribution in [0.1, 0.15) is 23.1 Å². The molecule has 0 saturated heterocycles. The van der Waals surface area contributed by atoms with E-state index >= 15 is 0 Å². The number of primary amides is 1. The molecule has 39 heavy (non-hydrogen) atoms. The van der Waals surface area contributed by atoms with Gasteiger partial charge in [0.1, 0.15) is 23.9 Å². The first-order chi connectivity index (χ1) is 18.7. The number of hydrogen-bond donors (Lipinski definition) is 2. The van der Waals surface area contributed by atoms with Crippen molar-refractivity contribution in [1.82, 2.24) is 5.06 Å². The van der Waals surface area contributed by atoms with Crippen LogP contribution in [0.25, 0.3) is 0 Å². The summed E-state index contributed by atoms with van der Waals surface area (Å²) in [5, 5.41) is 10.7. The summed E-state index contributed by atoms with van der Waals surface area (Å²) in [6, 6.07) is 16.3. The highest BCUT2D eigenvalue weighted by Gasteiger charge is 2.63. The molecule has 2 atom stereocenters. The van der Waals surface area contributed by atoms with E-state index in [1.54, 1.807) is 44.6 Å². The fourth-order valence-corrected chi connectivity index (χ4v) is 4.58. The monoisotopic (exact) mass is 538 g/mol. The number of nitrogens with zero attached hydrogens (tertiary/aromatic N) is 1. The first kappa shape index (κ1) is 27.7. The molecule has 206 valence electrons. The largest absolute Gasteiger partial charge is 0.505 e. The highest BCUT2D eigenvalue weighted by molar-refractivity contribution is 5.95. The summed E-state index contributed by atoms with van der Waals surface area (Å²) in [5.74, 6) is -1.41. The molecule has 9 nitrogen and oxygen atoms in total. The zero-order valence-corrected chi connectivity index (χ0v) is 22.0. The Hall–Kier alpha value is -4.31. The van der Waals surface area contributed by atoms with Crippen LogP contribution in [0.5, 0.6) is 23.0 Å². The second kappa shape index (κ2) is 11.6. The number of rotatable bonds is 12. The van der Waals surface area contributed by atoms with Crippen molar-refractivity contribution in [3.8, 4) is 23.0 Å². The summed E-state index contributed by atoms with van der Waals surface area (Å²) in [7, 11) is 4.62. The van der Waals surface area contributed by atoms with Gasteiger partial charge in [-0.05, 0) is 60.4 Å². The lowest BCUT2D eigenvalue weighted by molar-refractivity contribution is -0.198. The Morgan fingerprint density at radius 1 is 0.974 bits per heavy atom. The van der Waals surface area contributed by atoms with Crippen molar-refractivity contribution in [1.29, 1.82) is 0 Å². The number of hydroxylamine groups is 2. The Morgan fingerprint density at radius 2 is 1.64 bits per heavy atom. The van der Waals surface area contributed by atoms with Gasteiger partial charge in [-0.3, -0.25) is 14.4 Å². The number of carbonyl (C=O) groups is 2. The molecule has 1 aliphatic rings. The van der Waals surface area contributed by atoms with Gasteiger partial charge in [0.25, 0.3) is 5.91 Å². The summed E-state index contributed by atoms with van der Waals surface area (Å²) in [4.78, 5) is 32.3. The van der Waals surface area contributed by atoms with E-state index in [-0.39, 0.29) is 26.0 Å². The highest BCUT2D eigenvalue weighted by Crippen LogP contribution is 2.56. The summed E-state index contributed by atoms with van der Waals surface area (Å²) < 4.78 is 29.9. The number of halogens is 1. The third kappa shape index (κ3) is 6.06. The van der Waals surface area contributed by atoms with E-state index in [1.807, 2.05) is 12.1 Å². The number of benzene rings is 3. The molecule has 3 aromatic carbocycles. The third-order valence-corrected chi connectivity index (χ3v) is 7.00. The maximum Gasteiger partial charge on any atom is 0.250 e. The SMILES string of the molecule is COc1ccc(CON(Cc2ccc(OC)cc2OC)C(=O)C2CC2(Cc2ccc(O)c(F)c2)C(N)=O)cc1. The maximum atomic E-state index is 13.9. The molecule has 0 spiro atoms. The van der Waals surface area contributed by atoms with Crippen LogP contribution < -0.4 is 19.9 Å². The van der Waals surface area contributed by atoms with E-state index in [9.17, 15) is 19.1 Å². The fraction of sp³-hybridized carbons (Fsp3) is 0.310. The minimum atomic E-state index is -1.20. The average molecular weight is 539 g/mol. The minimum absolute atomic E-state index is 0.0291. The van der Waals surface area contributed by atoms with Crippen molar-refractivity contribution in [2.75, 3.05) is 21.3 Å². The Kier molecular flexibility index (Phi) is 8.25. The molecule has 0 bridgehead atoms. The van der Waals surface area contributed by atoms with E-state index < -0.39 is 34.7 Å². The summed E-state index contributed by atoms with van der Waals surface area (Å²) >= 11 is 0. The van der Waals surface area contributed by atoms with Crippen molar-refractivity contribution in [2.45, 2.75) is 26.0 Å². The number of ether oxygens (including phenoxy) is 3. The number of methoxy groups -OCH3 is 3. The number of aromatic hydroxyl groups is 1. The fourth-order valence-electron chi connectivity index (χ4n) is 4.58. The molecule has 3 N–H and O–H groups in total. The molecular formula is C29H31FN2O7. The van der Waals surface area contributed by atoms with Gasteiger partial charge in [0.05, 0.1) is 39.2 Å². The first-order valence-corrected chi connectivity index (χ1v) is 12.3. The van der Waals surface area contributed by atoms with E-state index in [0.717, 1.165) is 11.6 Å². The second-order valence-electron chi connectivity index (χ2n) is 9.41. The standard InChI is InChI=1S/C29H31FN2O7/c1-36-21-8-4-18(5-9-21)17-39-32(16-20-7-10-22(37-2)13-26(20)38-3)27(34)23-15-29(23,28(31)35)14-19-6-11-25(33)24(30)12-19/h4-13,23,33H,14-17H2,1-3H3,(H2,31,35). The Bertz CT molecular complexity index is 1350. The molecule has 4 rings (SSSR count). The van der Waals surface area contributed by atoms with E-state index in [2.05, 4.69) is 0 Å². The molecule has 0 radical (unpaired) electrons. The average Bonchev–Trinajstić information content (AvgIpc) is 3.68. The van der Waals surface area contributed by atoms with Gasteiger partial charge < -0.3 is 25.1 Å². The predicted molar refractivity (Wildman–Crippen MR) is 139 cm³/mol. The third-order valence-electron chi connectivity index (χ3n) is 7.00. The van der Waals surface area contributed by atoms with Gasteiger partial charge in [-0.1, -0.05) is 18.2 Å². The molecule has 1 fully saturated rings. The number of nitrogens with two attached hydrogens (primary N) is 1. The van der Waals surface area contributed by atoms with Gasteiger partial charge in [0.15, 0.2) is 11.6 Å². The maximum absolute atomic E-state index is 13.9. The van der Waals surface area contributed by atoms with E-state index in [0.29, 0.717) is 28.4 Å². The molecule has 0 aromatic heterocycles. The lowest BCUT2D eigenvalue weighted by Crippen LogP contribution is -2.37. The minimum Gasteiger partial charge on any atom is -0.505 e. The van der Waals surface area contributed by atoms with Crippen LogP contribution in [0, 0.1) is 17.2 Å². The number of amides is 2. The Balaban J connectivity index is 1.59. The van der Waals surface area contributed by atoms with Crippen molar-refractivity contribution in [3.63, 3.8) is 0 Å². The van der Waals surface area contributed by atoms with Crippen LogP contribution in [0.3, 0.4) is 0 Å². The predicted octanol–water partition coefficient (Wildman–Crippen LogP) is 3.75. The molecule has 10 heteroatoms. The van der Waals surface area contributed by atoms with Crippen LogP contribution >= 0.6 is 0 Å². The molecule has 0 aliphatic heterocycles. The summed E-state index contributed by atoms with van der Waals surface area (Å²) in [6.07, 6.45) is 0.236. The van der Waals surface area contributed by atoms with Crippen LogP contribution in [-0.4, -0.2) is 43.3 Å². The Morgan fingerprint density at radius 3 is 2.26 bits per heavy atom. The van der Waals surface area contributed by atoms with Crippen molar-refractivity contribution in [3.05, 3.63) is 83.2 Å². The topological polar surface area (TPSA) is 121 Å². The van der Waals surface area contributed by atoms with Gasteiger partial charge in [0, 0.05) is 11.6 Å². The van der Waals surface area contributed by atoms with Gasteiger partial charge >= 0.3 is 0 Å². The Labute approximate surface area is 225 Å². The molecule has 1 saturated carbocycles. The van der Waals surface area contributed by atoms with Gasteiger partial charge in [-0.2, -0.15) is 0 Å². The lowest BCUT2D eigenvalue weighted by atomic mass is 9.92. The number of phenols is 1. The van der Waals surface area contributed by atoms with Gasteiger partial charge in [0.2, 0.25) is 5.91 Å². The second-order valence-corrected chi connectivity index (χ2v) is 9.41. The summed E-state index contributed by atoms with van der Waals surface area (Å²) in [5.41, 5.74) is 6.46. The smallest absolute Gasteiger partial charge is 0.250 e. The van der Waals surface area contributed by atoms with E-state index in [4.69, 9.17) is 24.8 Å². The van der Waals surface area contributed by atoms with Gasteiger partial charge in [-0.25, -0.2) is 9.45 Å². The zero-order chi connectivity index (χ0) is 28.2. The number of phenolic OH excluding ortho intramolecular Hbond substituents is 1. The molecule has 2 unspecified atom stereocenters.